The number of carbonyl (C=O) groups excluding carboxylic acids is 1. The van der Waals surface area contributed by atoms with Crippen molar-refractivity contribution >= 4 is 23.2 Å². The molecule has 0 aliphatic rings. The van der Waals surface area contributed by atoms with Crippen LogP contribution in [0.4, 0.5) is 5.69 Å². The zero-order chi connectivity index (χ0) is 18.6. The molecule has 1 atom stereocenters. The fourth-order valence-corrected chi connectivity index (χ4v) is 2.59. The Morgan fingerprint density at radius 1 is 1.16 bits per heavy atom. The molecule has 0 fully saturated rings. The number of nitrogens with one attached hydrogen (secondary N) is 1. The summed E-state index contributed by atoms with van der Waals surface area (Å²) in [6, 6.07) is 13.4. The Kier molecular flexibility index (Phi) is 6.12. The Morgan fingerprint density at radius 2 is 1.80 bits per heavy atom. The van der Waals surface area contributed by atoms with Crippen molar-refractivity contribution in [2.45, 2.75) is 52.6 Å². The number of benzene rings is 2. The first-order valence-corrected chi connectivity index (χ1v) is 8.92. The van der Waals surface area contributed by atoms with Crippen LogP contribution in [-0.4, -0.2) is 12.0 Å². The minimum atomic E-state index is -0.555. The monoisotopic (exact) mass is 359 g/mol. The third kappa shape index (κ3) is 5.23. The number of carbonyl (C=O) groups is 1. The average Bonchev–Trinajstić information content (AvgIpc) is 2.55. The van der Waals surface area contributed by atoms with Gasteiger partial charge in [-0.15, -0.1) is 0 Å². The first-order valence-electron chi connectivity index (χ1n) is 8.55. The lowest BCUT2D eigenvalue weighted by Crippen LogP contribution is -2.32. The molecule has 0 aliphatic carbocycles. The summed E-state index contributed by atoms with van der Waals surface area (Å²) in [5, 5.41) is 3.50. The molecule has 1 unspecified atom stereocenters. The highest BCUT2D eigenvalue weighted by Gasteiger charge is 2.19. The minimum absolute atomic E-state index is 0.0881. The Hall–Kier alpha value is -2.00. The number of hydrogen-bond donors (Lipinski definition) is 1. The first-order chi connectivity index (χ1) is 11.7. The molecule has 2 aromatic carbocycles. The SMILES string of the molecule is CCC(Oc1ccc(C(C)(C)C)cc1)C(=O)Nc1ccc(C)c(Cl)c1. The highest BCUT2D eigenvalue weighted by molar-refractivity contribution is 6.31. The van der Waals surface area contributed by atoms with Gasteiger partial charge in [-0.1, -0.05) is 57.5 Å². The van der Waals surface area contributed by atoms with Gasteiger partial charge in [0.2, 0.25) is 0 Å². The van der Waals surface area contributed by atoms with Crippen molar-refractivity contribution in [3.05, 3.63) is 58.6 Å². The Morgan fingerprint density at radius 3 is 2.32 bits per heavy atom. The van der Waals surface area contributed by atoms with Crippen molar-refractivity contribution in [1.82, 2.24) is 0 Å². The maximum Gasteiger partial charge on any atom is 0.265 e. The number of aryl methyl sites for hydroxylation is 1. The van der Waals surface area contributed by atoms with Crippen LogP contribution in [0.1, 0.15) is 45.2 Å². The third-order valence-corrected chi connectivity index (χ3v) is 4.51. The Bertz CT molecular complexity index is 733. The number of anilines is 1. The maximum absolute atomic E-state index is 12.5. The Labute approximate surface area is 155 Å². The summed E-state index contributed by atoms with van der Waals surface area (Å²) in [4.78, 5) is 12.5. The molecule has 25 heavy (non-hydrogen) atoms. The van der Waals surface area contributed by atoms with Gasteiger partial charge in [-0.2, -0.15) is 0 Å². The van der Waals surface area contributed by atoms with E-state index in [0.717, 1.165) is 5.56 Å². The molecule has 4 heteroatoms. The summed E-state index contributed by atoms with van der Waals surface area (Å²) in [7, 11) is 0. The topological polar surface area (TPSA) is 38.3 Å². The van der Waals surface area contributed by atoms with Crippen LogP contribution < -0.4 is 10.1 Å². The summed E-state index contributed by atoms with van der Waals surface area (Å²) in [5.74, 6) is 0.513. The van der Waals surface area contributed by atoms with Gasteiger partial charge in [-0.3, -0.25) is 4.79 Å². The lowest BCUT2D eigenvalue weighted by molar-refractivity contribution is -0.122. The molecule has 3 nitrogen and oxygen atoms in total. The average molecular weight is 360 g/mol. The second-order valence-electron chi connectivity index (χ2n) is 7.24. The zero-order valence-electron chi connectivity index (χ0n) is 15.5. The number of rotatable bonds is 5. The van der Waals surface area contributed by atoms with Crippen LogP contribution in [0, 0.1) is 6.92 Å². The maximum atomic E-state index is 12.5. The van der Waals surface area contributed by atoms with E-state index < -0.39 is 6.10 Å². The van der Waals surface area contributed by atoms with Crippen LogP contribution in [0.2, 0.25) is 5.02 Å². The van der Waals surface area contributed by atoms with Crippen LogP contribution in [-0.2, 0) is 10.2 Å². The highest BCUT2D eigenvalue weighted by atomic mass is 35.5. The molecule has 0 spiro atoms. The molecule has 134 valence electrons. The lowest BCUT2D eigenvalue weighted by Gasteiger charge is -2.21. The van der Waals surface area contributed by atoms with Gasteiger partial charge >= 0.3 is 0 Å². The van der Waals surface area contributed by atoms with E-state index in [1.54, 1.807) is 6.07 Å². The molecular weight excluding hydrogens is 334 g/mol. The number of amides is 1. The van der Waals surface area contributed by atoms with Gasteiger partial charge in [0.05, 0.1) is 0 Å². The molecule has 2 rings (SSSR count). The second kappa shape index (κ2) is 7.92. The van der Waals surface area contributed by atoms with E-state index in [4.69, 9.17) is 16.3 Å². The lowest BCUT2D eigenvalue weighted by atomic mass is 9.87. The predicted octanol–water partition coefficient (Wildman–Crippen LogP) is 5.74. The summed E-state index contributed by atoms with van der Waals surface area (Å²) in [5.41, 5.74) is 2.96. The van der Waals surface area contributed by atoms with Gasteiger partial charge in [0.1, 0.15) is 5.75 Å². The van der Waals surface area contributed by atoms with Crippen molar-refractivity contribution in [2.75, 3.05) is 5.32 Å². The number of halogens is 1. The number of hydrogen-bond acceptors (Lipinski definition) is 2. The van der Waals surface area contributed by atoms with Crippen molar-refractivity contribution in [1.29, 1.82) is 0 Å². The van der Waals surface area contributed by atoms with Crippen LogP contribution in [0.5, 0.6) is 5.75 Å². The van der Waals surface area contributed by atoms with E-state index in [1.165, 1.54) is 5.56 Å². The molecule has 0 saturated heterocycles. The quantitative estimate of drug-likeness (QED) is 0.738. The minimum Gasteiger partial charge on any atom is -0.481 e. The second-order valence-corrected chi connectivity index (χ2v) is 7.65. The Balaban J connectivity index is 2.05. The summed E-state index contributed by atoms with van der Waals surface area (Å²) in [6.07, 6.45) is 0.0208. The summed E-state index contributed by atoms with van der Waals surface area (Å²) in [6.45, 7) is 10.3. The van der Waals surface area contributed by atoms with E-state index in [2.05, 4.69) is 26.1 Å². The molecule has 1 amide bonds. The molecule has 0 radical (unpaired) electrons. The van der Waals surface area contributed by atoms with Gasteiger partial charge in [0.15, 0.2) is 6.10 Å². The standard InChI is InChI=1S/C21H26ClNO2/c1-6-19(20(24)23-16-10-7-14(2)18(22)13-16)25-17-11-8-15(9-12-17)21(3,4)5/h7-13,19H,6H2,1-5H3,(H,23,24). The van der Waals surface area contributed by atoms with Crippen molar-refractivity contribution in [3.8, 4) is 5.75 Å². The third-order valence-electron chi connectivity index (χ3n) is 4.10. The van der Waals surface area contributed by atoms with E-state index >= 15 is 0 Å². The normalized spacial score (nSPS) is 12.6. The zero-order valence-corrected chi connectivity index (χ0v) is 16.3. The van der Waals surface area contributed by atoms with Crippen molar-refractivity contribution in [2.24, 2.45) is 0 Å². The van der Waals surface area contributed by atoms with Crippen molar-refractivity contribution in [3.63, 3.8) is 0 Å². The molecule has 0 saturated carbocycles. The van der Waals surface area contributed by atoms with E-state index in [9.17, 15) is 4.79 Å². The molecule has 1 N–H and O–H groups in total. The smallest absolute Gasteiger partial charge is 0.265 e. The van der Waals surface area contributed by atoms with Gasteiger partial charge in [-0.05, 0) is 54.2 Å². The molecule has 0 bridgehead atoms. The van der Waals surface area contributed by atoms with Gasteiger partial charge in [0.25, 0.3) is 5.91 Å². The summed E-state index contributed by atoms with van der Waals surface area (Å²) < 4.78 is 5.87. The largest absolute Gasteiger partial charge is 0.481 e. The van der Waals surface area contributed by atoms with Crippen LogP contribution in [0.25, 0.3) is 0 Å². The molecular formula is C21H26ClNO2. The van der Waals surface area contributed by atoms with E-state index in [-0.39, 0.29) is 11.3 Å². The van der Waals surface area contributed by atoms with Crippen molar-refractivity contribution < 1.29 is 9.53 Å². The number of ether oxygens (including phenoxy) is 1. The first kappa shape index (κ1) is 19.3. The van der Waals surface area contributed by atoms with Gasteiger partial charge in [0, 0.05) is 10.7 Å². The predicted molar refractivity (Wildman–Crippen MR) is 105 cm³/mol. The van der Waals surface area contributed by atoms with Gasteiger partial charge in [-0.25, -0.2) is 0 Å². The van der Waals surface area contributed by atoms with E-state index in [0.29, 0.717) is 22.9 Å². The van der Waals surface area contributed by atoms with Gasteiger partial charge < -0.3 is 10.1 Å². The summed E-state index contributed by atoms with van der Waals surface area (Å²) >= 11 is 6.11. The molecule has 0 aliphatic heterocycles. The fraction of sp³-hybridized carbons (Fsp3) is 0.381. The molecule has 2 aromatic rings. The fourth-order valence-electron chi connectivity index (χ4n) is 2.41. The molecule has 0 aromatic heterocycles. The van der Waals surface area contributed by atoms with Crippen LogP contribution in [0.3, 0.4) is 0 Å². The van der Waals surface area contributed by atoms with Crippen LogP contribution in [0.15, 0.2) is 42.5 Å². The highest BCUT2D eigenvalue weighted by Crippen LogP contribution is 2.25. The molecule has 0 heterocycles. The van der Waals surface area contributed by atoms with E-state index in [1.807, 2.05) is 50.2 Å². The van der Waals surface area contributed by atoms with Crippen LogP contribution >= 0.6 is 11.6 Å².